The molecule has 0 fully saturated rings. The van der Waals surface area contributed by atoms with Crippen molar-refractivity contribution in [3.63, 3.8) is 0 Å². The van der Waals surface area contributed by atoms with Crippen LogP contribution in [0.1, 0.15) is 10.4 Å². The molecule has 0 saturated heterocycles. The fourth-order valence-corrected chi connectivity index (χ4v) is 2.87. The van der Waals surface area contributed by atoms with Crippen LogP contribution in [0.3, 0.4) is 0 Å². The second-order valence-corrected chi connectivity index (χ2v) is 5.99. The van der Waals surface area contributed by atoms with Gasteiger partial charge >= 0.3 is 0 Å². The van der Waals surface area contributed by atoms with Gasteiger partial charge in [-0.2, -0.15) is 0 Å². The monoisotopic (exact) mass is 396 g/mol. The highest BCUT2D eigenvalue weighted by molar-refractivity contribution is 9.09. The molecule has 0 unspecified atom stereocenters. The van der Waals surface area contributed by atoms with Crippen LogP contribution in [0.5, 0.6) is 23.0 Å². The summed E-state index contributed by atoms with van der Waals surface area (Å²) in [4.78, 5) is -0.243. The van der Waals surface area contributed by atoms with Gasteiger partial charge in [-0.1, -0.05) is 34.1 Å². The first-order valence-electron chi connectivity index (χ1n) is 7.41. The first-order valence-corrected chi connectivity index (χ1v) is 8.32. The van der Waals surface area contributed by atoms with Crippen molar-refractivity contribution in [1.29, 1.82) is 0 Å². The number of rotatable bonds is 8. The Morgan fingerprint density at radius 3 is 2.04 bits per heavy atom. The molecule has 24 heavy (non-hydrogen) atoms. The molecule has 2 aromatic carbocycles. The summed E-state index contributed by atoms with van der Waals surface area (Å²) in [6, 6.07) is 12.9. The van der Waals surface area contributed by atoms with Crippen molar-refractivity contribution >= 4 is 15.9 Å². The summed E-state index contributed by atoms with van der Waals surface area (Å²) in [6.07, 6.45) is -0.501. The lowest BCUT2D eigenvalue weighted by Crippen LogP contribution is -2.26. The summed E-state index contributed by atoms with van der Waals surface area (Å²) in [5.74, 6) is 2.45. The number of hydrogen-bond donors (Lipinski definition) is 1. The summed E-state index contributed by atoms with van der Waals surface area (Å²) in [5, 5.41) is 9.76. The van der Waals surface area contributed by atoms with E-state index >= 15 is 0 Å². The Morgan fingerprint density at radius 2 is 1.46 bits per heavy atom. The molecule has 0 amide bonds. The van der Waals surface area contributed by atoms with Crippen molar-refractivity contribution in [3.8, 4) is 23.0 Å². The highest BCUT2D eigenvalue weighted by Gasteiger charge is 2.24. The summed E-state index contributed by atoms with van der Waals surface area (Å²) >= 11 is 3.60. The van der Waals surface area contributed by atoms with E-state index in [1.807, 2.05) is 36.4 Å². The zero-order valence-corrected chi connectivity index (χ0v) is 15.4. The Morgan fingerprint density at radius 1 is 0.875 bits per heavy atom. The van der Waals surface area contributed by atoms with Crippen molar-refractivity contribution in [1.82, 2.24) is 0 Å². The first-order chi connectivity index (χ1) is 11.6. The molecule has 2 aromatic rings. The number of hydrogen-bond acceptors (Lipinski definition) is 5. The summed E-state index contributed by atoms with van der Waals surface area (Å²) in [5.41, 5.74) is 0.904. The molecule has 0 aromatic heterocycles. The minimum Gasteiger partial charge on any atom is -0.493 e. The van der Waals surface area contributed by atoms with E-state index in [4.69, 9.17) is 18.9 Å². The molecule has 0 aliphatic rings. The number of ether oxygens (including phenoxy) is 4. The molecule has 2 atom stereocenters. The number of methoxy groups -OCH3 is 3. The summed E-state index contributed by atoms with van der Waals surface area (Å²) in [6.45, 7) is -0.164. The van der Waals surface area contributed by atoms with Gasteiger partial charge in [0.2, 0.25) is 0 Å². The van der Waals surface area contributed by atoms with Crippen LogP contribution >= 0.6 is 15.9 Å². The number of alkyl halides is 1. The van der Waals surface area contributed by atoms with E-state index < -0.39 is 6.10 Å². The quantitative estimate of drug-likeness (QED) is 0.690. The van der Waals surface area contributed by atoms with Crippen LogP contribution in [-0.4, -0.2) is 39.1 Å². The Kier molecular flexibility index (Phi) is 6.75. The van der Waals surface area contributed by atoms with Gasteiger partial charge in [-0.3, -0.25) is 0 Å². The molecular formula is C18H21BrO5. The van der Waals surface area contributed by atoms with E-state index in [-0.39, 0.29) is 11.4 Å². The molecule has 0 radical (unpaired) electrons. The normalized spacial score (nSPS) is 13.0. The molecule has 0 bridgehead atoms. The minimum atomic E-state index is -0.501. The SMILES string of the molecule is COc1ccc([C@H](Br)[C@H](CO)Oc2ccccc2OC)cc1OC. The maximum Gasteiger partial charge on any atom is 0.161 e. The Labute approximate surface area is 150 Å². The molecule has 0 aliphatic heterocycles. The van der Waals surface area contributed by atoms with Crippen molar-refractivity contribution in [3.05, 3.63) is 48.0 Å². The lowest BCUT2D eigenvalue weighted by molar-refractivity contribution is 0.111. The molecular weight excluding hydrogens is 376 g/mol. The van der Waals surface area contributed by atoms with E-state index in [1.165, 1.54) is 0 Å². The zero-order chi connectivity index (χ0) is 17.5. The highest BCUT2D eigenvalue weighted by atomic mass is 79.9. The predicted octanol–water partition coefficient (Wildman–Crippen LogP) is 3.59. The largest absolute Gasteiger partial charge is 0.493 e. The lowest BCUT2D eigenvalue weighted by atomic mass is 10.1. The molecule has 0 spiro atoms. The van der Waals surface area contributed by atoms with E-state index in [0.717, 1.165) is 5.56 Å². The maximum absolute atomic E-state index is 9.76. The smallest absolute Gasteiger partial charge is 0.161 e. The van der Waals surface area contributed by atoms with Gasteiger partial charge in [-0.05, 0) is 29.8 Å². The van der Waals surface area contributed by atoms with Crippen molar-refractivity contribution in [2.45, 2.75) is 10.9 Å². The number of para-hydroxylation sites is 2. The highest BCUT2D eigenvalue weighted by Crippen LogP contribution is 2.37. The van der Waals surface area contributed by atoms with Crippen LogP contribution in [-0.2, 0) is 0 Å². The van der Waals surface area contributed by atoms with Gasteiger partial charge in [0, 0.05) is 0 Å². The third-order valence-corrected chi connectivity index (χ3v) is 4.70. The average molecular weight is 397 g/mol. The third kappa shape index (κ3) is 4.13. The van der Waals surface area contributed by atoms with Gasteiger partial charge in [0.25, 0.3) is 0 Å². The first kappa shape index (κ1) is 18.4. The number of halogens is 1. The molecule has 5 nitrogen and oxygen atoms in total. The molecule has 130 valence electrons. The number of aliphatic hydroxyl groups is 1. The molecule has 2 rings (SSSR count). The van der Waals surface area contributed by atoms with E-state index in [1.54, 1.807) is 27.4 Å². The molecule has 0 saturated carbocycles. The van der Waals surface area contributed by atoms with E-state index in [0.29, 0.717) is 23.0 Å². The fourth-order valence-electron chi connectivity index (χ4n) is 2.31. The molecule has 1 N–H and O–H groups in total. The number of aliphatic hydroxyl groups excluding tert-OH is 1. The molecule has 6 heteroatoms. The van der Waals surface area contributed by atoms with E-state index in [2.05, 4.69) is 15.9 Å². The Balaban J connectivity index is 2.24. The standard InChI is InChI=1S/C18H21BrO5/c1-21-13-6-4-5-7-15(13)24-17(11-20)18(19)12-8-9-14(22-2)16(10-12)23-3/h4-10,17-18,20H,11H2,1-3H3/t17-,18-/m0/s1. The fraction of sp³-hybridized carbons (Fsp3) is 0.333. The van der Waals surface area contributed by atoms with Gasteiger partial charge in [0.15, 0.2) is 23.0 Å². The Hall–Kier alpha value is -1.92. The zero-order valence-electron chi connectivity index (χ0n) is 13.9. The third-order valence-electron chi connectivity index (χ3n) is 3.58. The molecule has 0 heterocycles. The molecule has 0 aliphatic carbocycles. The summed E-state index contributed by atoms with van der Waals surface area (Å²) in [7, 11) is 4.75. The Bertz CT molecular complexity index is 662. The van der Waals surface area contributed by atoms with Gasteiger partial charge in [-0.25, -0.2) is 0 Å². The van der Waals surface area contributed by atoms with Gasteiger partial charge in [-0.15, -0.1) is 0 Å². The number of benzene rings is 2. The van der Waals surface area contributed by atoms with Crippen molar-refractivity contribution < 1.29 is 24.1 Å². The van der Waals surface area contributed by atoms with Crippen LogP contribution < -0.4 is 18.9 Å². The summed E-state index contributed by atoms with van der Waals surface area (Å²) < 4.78 is 21.8. The van der Waals surface area contributed by atoms with Gasteiger partial charge in [0.05, 0.1) is 32.8 Å². The minimum absolute atomic E-state index is 0.164. The van der Waals surface area contributed by atoms with Crippen LogP contribution in [0.25, 0.3) is 0 Å². The van der Waals surface area contributed by atoms with Gasteiger partial charge in [0.1, 0.15) is 6.10 Å². The van der Waals surface area contributed by atoms with Crippen LogP contribution in [0.2, 0.25) is 0 Å². The predicted molar refractivity (Wildman–Crippen MR) is 95.7 cm³/mol. The van der Waals surface area contributed by atoms with Crippen LogP contribution in [0, 0.1) is 0 Å². The topological polar surface area (TPSA) is 57.2 Å². The van der Waals surface area contributed by atoms with Crippen LogP contribution in [0.4, 0.5) is 0 Å². The van der Waals surface area contributed by atoms with Gasteiger partial charge < -0.3 is 24.1 Å². The second-order valence-electron chi connectivity index (χ2n) is 5.01. The van der Waals surface area contributed by atoms with E-state index in [9.17, 15) is 5.11 Å². The maximum atomic E-state index is 9.76. The lowest BCUT2D eigenvalue weighted by Gasteiger charge is -2.24. The van der Waals surface area contributed by atoms with Crippen molar-refractivity contribution in [2.24, 2.45) is 0 Å². The van der Waals surface area contributed by atoms with Crippen LogP contribution in [0.15, 0.2) is 42.5 Å². The van der Waals surface area contributed by atoms with Crippen molar-refractivity contribution in [2.75, 3.05) is 27.9 Å². The second kappa shape index (κ2) is 8.80. The average Bonchev–Trinajstić information content (AvgIpc) is 2.65.